The van der Waals surface area contributed by atoms with Gasteiger partial charge in [-0.15, -0.1) is 0 Å². The Morgan fingerprint density at radius 2 is 1.90 bits per heavy atom. The van der Waals surface area contributed by atoms with Gasteiger partial charge in [0.05, 0.1) is 0 Å². The molecule has 6 nitrogen and oxygen atoms in total. The summed E-state index contributed by atoms with van der Waals surface area (Å²) in [6.45, 7) is 3.51. The van der Waals surface area contributed by atoms with Crippen LogP contribution in [0.4, 0.5) is 11.6 Å². The van der Waals surface area contributed by atoms with Gasteiger partial charge < -0.3 is 15.5 Å². The number of anilines is 2. The highest BCUT2D eigenvalue weighted by atomic mass is 35.5. The molecule has 112 valence electrons. The summed E-state index contributed by atoms with van der Waals surface area (Å²) in [5, 5.41) is 3.94. The van der Waals surface area contributed by atoms with Gasteiger partial charge in [-0.3, -0.25) is 0 Å². The van der Waals surface area contributed by atoms with Crippen molar-refractivity contribution in [1.82, 2.24) is 9.97 Å². The Bertz CT molecular complexity index is 576. The van der Waals surface area contributed by atoms with Gasteiger partial charge in [0.25, 0.3) is 0 Å². The van der Waals surface area contributed by atoms with Crippen molar-refractivity contribution in [1.29, 1.82) is 0 Å². The first kappa shape index (κ1) is 15.5. The van der Waals surface area contributed by atoms with Gasteiger partial charge in [-0.25, -0.2) is 15.8 Å². The topological polar surface area (TPSA) is 85.1 Å². The lowest BCUT2D eigenvalue weighted by atomic mass is 10.2. The standard InChI is InChI=1S/C14H18ClN5O/c1-2-21-9-14-18-12(7-13(19-14)20-16)17-8-10-3-5-11(15)6-4-10/h3-7H,2,8-9,16H2,1H3,(H2,17,18,19,20). The molecule has 2 aromatic rings. The maximum atomic E-state index is 5.86. The van der Waals surface area contributed by atoms with Gasteiger partial charge >= 0.3 is 0 Å². The number of hydrazine groups is 1. The number of halogens is 1. The SMILES string of the molecule is CCOCc1nc(NN)cc(NCc2ccc(Cl)cc2)n1. The fourth-order valence-corrected chi connectivity index (χ4v) is 1.84. The van der Waals surface area contributed by atoms with Crippen LogP contribution in [0.1, 0.15) is 18.3 Å². The van der Waals surface area contributed by atoms with Crippen LogP contribution >= 0.6 is 11.6 Å². The summed E-state index contributed by atoms with van der Waals surface area (Å²) < 4.78 is 5.31. The lowest BCUT2D eigenvalue weighted by Gasteiger charge is -2.10. The lowest BCUT2D eigenvalue weighted by Crippen LogP contribution is -2.13. The maximum absolute atomic E-state index is 5.86. The number of ether oxygens (including phenoxy) is 1. The van der Waals surface area contributed by atoms with E-state index in [1.165, 1.54) is 0 Å². The number of rotatable bonds is 7. The third kappa shape index (κ3) is 4.86. The number of nitrogens with two attached hydrogens (primary N) is 1. The summed E-state index contributed by atoms with van der Waals surface area (Å²) in [7, 11) is 0. The van der Waals surface area contributed by atoms with Crippen LogP contribution in [0.25, 0.3) is 0 Å². The third-order valence-corrected chi connectivity index (χ3v) is 2.99. The number of aromatic nitrogens is 2. The Morgan fingerprint density at radius 1 is 1.19 bits per heavy atom. The zero-order valence-corrected chi connectivity index (χ0v) is 12.5. The summed E-state index contributed by atoms with van der Waals surface area (Å²) in [4.78, 5) is 8.61. The van der Waals surface area contributed by atoms with Crippen LogP contribution in [0.5, 0.6) is 0 Å². The van der Waals surface area contributed by atoms with Crippen LogP contribution in [-0.4, -0.2) is 16.6 Å². The highest BCUT2D eigenvalue weighted by Crippen LogP contribution is 2.14. The average molecular weight is 308 g/mol. The van der Waals surface area contributed by atoms with Gasteiger partial charge in [0.15, 0.2) is 5.82 Å². The summed E-state index contributed by atoms with van der Waals surface area (Å²) in [5.41, 5.74) is 3.63. The molecule has 0 radical (unpaired) electrons. The molecule has 0 bridgehead atoms. The molecule has 0 spiro atoms. The first-order chi connectivity index (χ1) is 10.2. The number of hydrogen-bond acceptors (Lipinski definition) is 6. The molecule has 0 saturated carbocycles. The number of nitrogen functional groups attached to an aromatic ring is 1. The van der Waals surface area contributed by atoms with Gasteiger partial charge in [0, 0.05) is 24.2 Å². The summed E-state index contributed by atoms with van der Waals surface area (Å²) in [6.07, 6.45) is 0. The highest BCUT2D eigenvalue weighted by Gasteiger charge is 2.04. The number of hydrogen-bond donors (Lipinski definition) is 3. The van der Waals surface area contributed by atoms with Crippen molar-refractivity contribution < 1.29 is 4.74 Å². The Hall–Kier alpha value is -1.89. The van der Waals surface area contributed by atoms with E-state index in [-0.39, 0.29) is 0 Å². The molecule has 1 aromatic heterocycles. The molecule has 0 saturated heterocycles. The van der Waals surface area contributed by atoms with Crippen molar-refractivity contribution in [2.75, 3.05) is 17.3 Å². The van der Waals surface area contributed by atoms with E-state index in [1.807, 2.05) is 31.2 Å². The van der Waals surface area contributed by atoms with Crippen molar-refractivity contribution in [3.05, 3.63) is 46.7 Å². The molecular formula is C14H18ClN5O. The first-order valence-corrected chi connectivity index (χ1v) is 6.99. The van der Waals surface area contributed by atoms with Crippen molar-refractivity contribution in [3.63, 3.8) is 0 Å². The minimum absolute atomic E-state index is 0.349. The first-order valence-electron chi connectivity index (χ1n) is 6.62. The number of nitrogens with one attached hydrogen (secondary N) is 2. The predicted octanol–water partition coefficient (Wildman–Crippen LogP) is 2.56. The van der Waals surface area contributed by atoms with E-state index in [1.54, 1.807) is 6.07 Å². The highest BCUT2D eigenvalue weighted by molar-refractivity contribution is 6.30. The summed E-state index contributed by atoms with van der Waals surface area (Å²) in [5.74, 6) is 7.21. The second-order valence-corrected chi connectivity index (χ2v) is 4.75. The Labute approximate surface area is 128 Å². The second-order valence-electron chi connectivity index (χ2n) is 4.32. The summed E-state index contributed by atoms with van der Waals surface area (Å²) >= 11 is 5.86. The number of nitrogens with zero attached hydrogens (tertiary/aromatic N) is 2. The van der Waals surface area contributed by atoms with E-state index in [2.05, 4.69) is 20.7 Å². The average Bonchev–Trinajstić information content (AvgIpc) is 2.52. The third-order valence-electron chi connectivity index (χ3n) is 2.74. The Balaban J connectivity index is 2.05. The van der Waals surface area contributed by atoms with E-state index in [4.69, 9.17) is 22.2 Å². The van der Waals surface area contributed by atoms with Crippen LogP contribution in [0, 0.1) is 0 Å². The smallest absolute Gasteiger partial charge is 0.158 e. The molecule has 0 aliphatic heterocycles. The van der Waals surface area contributed by atoms with Crippen LogP contribution < -0.4 is 16.6 Å². The van der Waals surface area contributed by atoms with Crippen LogP contribution in [0.2, 0.25) is 5.02 Å². The van der Waals surface area contributed by atoms with Gasteiger partial charge in [-0.2, -0.15) is 0 Å². The molecule has 0 aliphatic carbocycles. The molecule has 1 aromatic carbocycles. The van der Waals surface area contributed by atoms with Crippen LogP contribution in [-0.2, 0) is 17.9 Å². The molecule has 7 heteroatoms. The van der Waals surface area contributed by atoms with E-state index in [0.717, 1.165) is 10.6 Å². The molecule has 4 N–H and O–H groups in total. The van der Waals surface area contributed by atoms with E-state index >= 15 is 0 Å². The van der Waals surface area contributed by atoms with Gasteiger partial charge in [-0.1, -0.05) is 23.7 Å². The van der Waals surface area contributed by atoms with Crippen molar-refractivity contribution >= 4 is 23.2 Å². The molecule has 0 atom stereocenters. The zero-order valence-electron chi connectivity index (χ0n) is 11.8. The normalized spacial score (nSPS) is 10.4. The minimum Gasteiger partial charge on any atom is -0.374 e. The van der Waals surface area contributed by atoms with Crippen molar-refractivity contribution in [2.45, 2.75) is 20.1 Å². The molecule has 1 heterocycles. The largest absolute Gasteiger partial charge is 0.374 e. The van der Waals surface area contributed by atoms with Crippen molar-refractivity contribution in [3.8, 4) is 0 Å². The molecule has 0 unspecified atom stereocenters. The predicted molar refractivity (Wildman–Crippen MR) is 84.0 cm³/mol. The number of benzene rings is 1. The second kappa shape index (κ2) is 7.78. The van der Waals surface area contributed by atoms with Gasteiger partial charge in [0.1, 0.15) is 18.2 Å². The summed E-state index contributed by atoms with van der Waals surface area (Å²) in [6, 6.07) is 9.36. The van der Waals surface area contributed by atoms with E-state index < -0.39 is 0 Å². The Morgan fingerprint density at radius 3 is 2.57 bits per heavy atom. The molecule has 2 rings (SSSR count). The van der Waals surface area contributed by atoms with E-state index in [0.29, 0.717) is 37.2 Å². The van der Waals surface area contributed by atoms with Gasteiger partial charge in [0.2, 0.25) is 0 Å². The lowest BCUT2D eigenvalue weighted by molar-refractivity contribution is 0.128. The minimum atomic E-state index is 0.349. The molecular weight excluding hydrogens is 290 g/mol. The molecule has 0 aliphatic rings. The molecule has 0 amide bonds. The zero-order chi connectivity index (χ0) is 15.1. The quantitative estimate of drug-likeness (QED) is 0.538. The Kier molecular flexibility index (Phi) is 5.74. The molecule has 0 fully saturated rings. The monoisotopic (exact) mass is 307 g/mol. The van der Waals surface area contributed by atoms with Gasteiger partial charge in [-0.05, 0) is 24.6 Å². The van der Waals surface area contributed by atoms with Crippen LogP contribution in [0.3, 0.4) is 0 Å². The fourth-order valence-electron chi connectivity index (χ4n) is 1.71. The van der Waals surface area contributed by atoms with Crippen molar-refractivity contribution in [2.24, 2.45) is 5.84 Å². The van der Waals surface area contributed by atoms with E-state index in [9.17, 15) is 0 Å². The maximum Gasteiger partial charge on any atom is 0.158 e. The molecule has 21 heavy (non-hydrogen) atoms. The van der Waals surface area contributed by atoms with Crippen LogP contribution in [0.15, 0.2) is 30.3 Å². The fraction of sp³-hybridized carbons (Fsp3) is 0.286.